The summed E-state index contributed by atoms with van der Waals surface area (Å²) < 4.78 is 5.57. The highest BCUT2D eigenvalue weighted by Crippen LogP contribution is 2.69. The molecule has 0 radical (unpaired) electrons. The molecule has 0 saturated heterocycles. The van der Waals surface area contributed by atoms with Gasteiger partial charge in [-0.2, -0.15) is 0 Å². The Morgan fingerprint density at radius 1 is 0.947 bits per heavy atom. The van der Waals surface area contributed by atoms with Gasteiger partial charge in [-0.3, -0.25) is 0 Å². The Kier molecular flexibility index (Phi) is 8.75. The number of aliphatic hydroxyl groups excluding tert-OH is 2. The van der Waals surface area contributed by atoms with Gasteiger partial charge in [0.15, 0.2) is 0 Å². The third-order valence-corrected chi connectivity index (χ3v) is 13.1. The topological polar surface area (TPSA) is 78.8 Å². The van der Waals surface area contributed by atoms with E-state index >= 15 is 0 Å². The number of aliphatic hydroxyl groups is 2. The maximum atomic E-state index is 12.2. The summed E-state index contributed by atoms with van der Waals surface area (Å²) in [7, 11) is 0. The maximum Gasteiger partial charge on any atom is 0.407 e. The highest BCUT2D eigenvalue weighted by Gasteiger charge is 2.64. The zero-order chi connectivity index (χ0) is 27.1. The highest BCUT2D eigenvalue weighted by atomic mass is 16.5. The first kappa shape index (κ1) is 28.7. The van der Waals surface area contributed by atoms with E-state index in [1.807, 2.05) is 0 Å². The van der Waals surface area contributed by atoms with Gasteiger partial charge in [0, 0.05) is 6.04 Å². The molecule has 5 aliphatic carbocycles. The molecule has 5 saturated carbocycles. The Hall–Kier alpha value is -0.810. The Morgan fingerprint density at radius 2 is 1.66 bits per heavy atom. The molecule has 0 aromatic rings. The number of hydrogen-bond donors (Lipinski definition) is 3. The Bertz CT molecular complexity index is 813. The lowest BCUT2D eigenvalue weighted by atomic mass is 9.41. The van der Waals surface area contributed by atoms with Gasteiger partial charge in [-0.1, -0.05) is 53.4 Å². The number of carbonyl (C=O) groups excluding carboxylic acids is 1. The summed E-state index contributed by atoms with van der Waals surface area (Å²) in [4.78, 5) is 12.2. The van der Waals surface area contributed by atoms with Crippen LogP contribution in [0.3, 0.4) is 0 Å². The van der Waals surface area contributed by atoms with E-state index in [1.54, 1.807) is 0 Å². The lowest BCUT2D eigenvalue weighted by Crippen LogP contribution is -2.62. The van der Waals surface area contributed by atoms with E-state index in [-0.39, 0.29) is 23.7 Å². The number of amides is 1. The quantitative estimate of drug-likeness (QED) is 0.307. The summed E-state index contributed by atoms with van der Waals surface area (Å²) in [5.74, 6) is 3.72. The predicted molar refractivity (Wildman–Crippen MR) is 152 cm³/mol. The molecule has 0 heterocycles. The van der Waals surface area contributed by atoms with Crippen LogP contribution in [0.5, 0.6) is 0 Å². The highest BCUT2D eigenvalue weighted by molar-refractivity contribution is 5.67. The average Bonchev–Trinajstić information content (AvgIpc) is 3.25. The standard InChI is InChI=1S/C33H57NO4/c1-5-24-28-20-23(35)15-17-33(28,4)27-16-18-32(3)25(13-14-26(32)29(27)30(24)36)21(2)10-9-19-38-31(37)34-22-11-7-6-8-12-22/h21-30,35-36H,5-20H2,1-4H3,(H,34,37)/t21-,23-,24-,25-,26+,27+,28+,29+,30-,32-,33-/m1/s1. The second kappa shape index (κ2) is 11.6. The van der Waals surface area contributed by atoms with Gasteiger partial charge in [0.2, 0.25) is 0 Å². The first-order valence-electron chi connectivity index (χ1n) is 16.5. The van der Waals surface area contributed by atoms with Crippen molar-refractivity contribution in [2.24, 2.45) is 52.3 Å². The molecular weight excluding hydrogens is 474 g/mol. The number of hydrogen-bond acceptors (Lipinski definition) is 4. The van der Waals surface area contributed by atoms with Gasteiger partial charge >= 0.3 is 6.09 Å². The van der Waals surface area contributed by atoms with Crippen LogP contribution in [0.25, 0.3) is 0 Å². The van der Waals surface area contributed by atoms with Crippen LogP contribution in [0.15, 0.2) is 0 Å². The largest absolute Gasteiger partial charge is 0.450 e. The van der Waals surface area contributed by atoms with Crippen molar-refractivity contribution in [3.05, 3.63) is 0 Å². The van der Waals surface area contributed by atoms with Crippen LogP contribution < -0.4 is 5.32 Å². The smallest absolute Gasteiger partial charge is 0.407 e. The summed E-state index contributed by atoms with van der Waals surface area (Å²) in [5, 5.41) is 25.5. The van der Waals surface area contributed by atoms with Crippen LogP contribution in [-0.4, -0.2) is 41.2 Å². The van der Waals surface area contributed by atoms with Gasteiger partial charge < -0.3 is 20.3 Å². The molecule has 0 bridgehead atoms. The van der Waals surface area contributed by atoms with Crippen LogP contribution >= 0.6 is 0 Å². The SMILES string of the molecule is CC[C@H]1[C@@H](O)[C@@H]2[C@H](CC[C@]3(C)[C@@H]([C@H](C)CCCOC(=O)NC4CCCCC4)CC[C@@H]23)[C@@]2(C)CC[C@@H](O)C[C@@H]12. The second-order valence-electron chi connectivity index (χ2n) is 14.9. The monoisotopic (exact) mass is 531 g/mol. The van der Waals surface area contributed by atoms with E-state index in [4.69, 9.17) is 4.74 Å². The van der Waals surface area contributed by atoms with Crippen molar-refractivity contribution in [2.45, 2.75) is 142 Å². The first-order valence-corrected chi connectivity index (χ1v) is 16.5. The molecule has 5 rings (SSSR count). The third-order valence-electron chi connectivity index (χ3n) is 13.1. The molecule has 5 fully saturated rings. The minimum Gasteiger partial charge on any atom is -0.450 e. The normalized spacial score (nSPS) is 45.9. The van der Waals surface area contributed by atoms with Gasteiger partial charge in [0.05, 0.1) is 18.8 Å². The number of ether oxygens (including phenoxy) is 1. The summed E-state index contributed by atoms with van der Waals surface area (Å²) >= 11 is 0. The zero-order valence-electron chi connectivity index (χ0n) is 24.8. The molecule has 11 atom stereocenters. The number of carbonyl (C=O) groups is 1. The number of rotatable bonds is 7. The van der Waals surface area contributed by atoms with Crippen LogP contribution in [0.4, 0.5) is 4.79 Å². The molecule has 3 N–H and O–H groups in total. The average molecular weight is 532 g/mol. The number of nitrogens with one attached hydrogen (secondary N) is 1. The van der Waals surface area contributed by atoms with Crippen molar-refractivity contribution in [2.75, 3.05) is 6.61 Å². The molecule has 5 heteroatoms. The molecule has 5 nitrogen and oxygen atoms in total. The maximum absolute atomic E-state index is 12.2. The van der Waals surface area contributed by atoms with Crippen molar-refractivity contribution in [1.29, 1.82) is 0 Å². The van der Waals surface area contributed by atoms with Crippen molar-refractivity contribution in [3.63, 3.8) is 0 Å². The third kappa shape index (κ3) is 5.17. The van der Waals surface area contributed by atoms with Crippen LogP contribution in [-0.2, 0) is 4.74 Å². The van der Waals surface area contributed by atoms with Crippen molar-refractivity contribution >= 4 is 6.09 Å². The molecular formula is C33H57NO4. The molecule has 218 valence electrons. The molecule has 5 aliphatic rings. The van der Waals surface area contributed by atoms with E-state index in [1.165, 1.54) is 44.9 Å². The Balaban J connectivity index is 1.18. The summed E-state index contributed by atoms with van der Waals surface area (Å²) in [5.41, 5.74) is 0.570. The molecule has 0 aromatic carbocycles. The fourth-order valence-electron chi connectivity index (χ4n) is 11.2. The second-order valence-corrected chi connectivity index (χ2v) is 14.9. The van der Waals surface area contributed by atoms with E-state index in [0.717, 1.165) is 51.4 Å². The summed E-state index contributed by atoms with van der Waals surface area (Å²) in [6.07, 6.45) is 16.3. The van der Waals surface area contributed by atoms with Crippen molar-refractivity contribution in [1.82, 2.24) is 5.32 Å². The Morgan fingerprint density at radius 3 is 2.39 bits per heavy atom. The number of alkyl carbamates (subject to hydrolysis) is 1. The molecule has 0 aliphatic heterocycles. The van der Waals surface area contributed by atoms with E-state index in [0.29, 0.717) is 59.5 Å². The fourth-order valence-corrected chi connectivity index (χ4v) is 11.2. The van der Waals surface area contributed by atoms with Crippen LogP contribution in [0.2, 0.25) is 0 Å². The summed E-state index contributed by atoms with van der Waals surface area (Å²) in [6.45, 7) is 10.3. The molecule has 0 unspecified atom stereocenters. The molecule has 0 spiro atoms. The van der Waals surface area contributed by atoms with Crippen molar-refractivity contribution in [3.8, 4) is 0 Å². The van der Waals surface area contributed by atoms with Crippen LogP contribution in [0, 0.1) is 52.3 Å². The Labute approximate surface area is 232 Å². The predicted octanol–water partition coefficient (Wildman–Crippen LogP) is 7.09. The van der Waals surface area contributed by atoms with E-state index in [2.05, 4.69) is 33.0 Å². The number of fused-ring (bicyclic) bond motifs is 5. The van der Waals surface area contributed by atoms with Crippen LogP contribution in [0.1, 0.15) is 124 Å². The lowest BCUT2D eigenvalue weighted by Gasteiger charge is -2.64. The van der Waals surface area contributed by atoms with Gasteiger partial charge in [-0.15, -0.1) is 0 Å². The molecule has 1 amide bonds. The minimum absolute atomic E-state index is 0.182. The van der Waals surface area contributed by atoms with Gasteiger partial charge in [-0.25, -0.2) is 4.79 Å². The van der Waals surface area contributed by atoms with Gasteiger partial charge in [0.25, 0.3) is 0 Å². The fraction of sp³-hybridized carbons (Fsp3) is 0.970. The summed E-state index contributed by atoms with van der Waals surface area (Å²) in [6, 6.07) is 0.305. The molecule has 0 aromatic heterocycles. The van der Waals surface area contributed by atoms with E-state index in [9.17, 15) is 15.0 Å². The first-order chi connectivity index (χ1) is 18.2. The minimum atomic E-state index is -0.227. The van der Waals surface area contributed by atoms with Gasteiger partial charge in [-0.05, 0) is 123 Å². The zero-order valence-corrected chi connectivity index (χ0v) is 24.8. The van der Waals surface area contributed by atoms with Crippen molar-refractivity contribution < 1.29 is 19.7 Å². The molecule has 38 heavy (non-hydrogen) atoms. The van der Waals surface area contributed by atoms with Gasteiger partial charge in [0.1, 0.15) is 0 Å². The van der Waals surface area contributed by atoms with E-state index < -0.39 is 0 Å². The lowest BCUT2D eigenvalue weighted by molar-refractivity contribution is -0.203.